The van der Waals surface area contributed by atoms with E-state index in [1.165, 1.54) is 17.3 Å². The second-order valence-corrected chi connectivity index (χ2v) is 10.5. The number of hydrogen-bond donors (Lipinski definition) is 0. The molecule has 160 valence electrons. The first-order chi connectivity index (χ1) is 14.3. The highest BCUT2D eigenvalue weighted by Crippen LogP contribution is 2.43. The Morgan fingerprint density at radius 3 is 2.63 bits per heavy atom. The Bertz CT molecular complexity index is 1050. The minimum absolute atomic E-state index is 0.121. The highest BCUT2D eigenvalue weighted by molar-refractivity contribution is 7.92. The maximum atomic E-state index is 14.9. The number of halogens is 1. The van der Waals surface area contributed by atoms with Crippen molar-refractivity contribution < 1.29 is 22.3 Å². The van der Waals surface area contributed by atoms with Gasteiger partial charge in [0.1, 0.15) is 24.6 Å². The van der Waals surface area contributed by atoms with Crippen molar-refractivity contribution in [3.05, 3.63) is 36.7 Å². The summed E-state index contributed by atoms with van der Waals surface area (Å²) in [7, 11) is -2.87. The second-order valence-electron chi connectivity index (χ2n) is 8.39. The molecule has 1 amide bonds. The first-order valence-electron chi connectivity index (χ1n) is 9.88. The first-order valence-corrected chi connectivity index (χ1v) is 11.7. The number of hydrogen-bond acceptors (Lipinski definition) is 7. The van der Waals surface area contributed by atoms with E-state index in [2.05, 4.69) is 10.1 Å². The maximum absolute atomic E-state index is 14.9. The number of amides is 1. The van der Waals surface area contributed by atoms with Crippen molar-refractivity contribution in [2.24, 2.45) is 5.41 Å². The van der Waals surface area contributed by atoms with E-state index in [1.54, 1.807) is 23.1 Å². The average molecular weight is 435 g/mol. The predicted molar refractivity (Wildman–Crippen MR) is 107 cm³/mol. The normalized spacial score (nSPS) is 24.7. The molecule has 0 aliphatic carbocycles. The molecule has 1 spiro atoms. The molecule has 0 saturated carbocycles. The zero-order chi connectivity index (χ0) is 20.9. The molecule has 0 bridgehead atoms. The lowest BCUT2D eigenvalue weighted by molar-refractivity contribution is 0.129. The molecule has 3 fully saturated rings. The van der Waals surface area contributed by atoms with Gasteiger partial charge < -0.3 is 9.64 Å². The lowest BCUT2D eigenvalue weighted by atomic mass is 9.81. The Labute approximate surface area is 173 Å². The van der Waals surface area contributed by atoms with E-state index >= 15 is 0 Å². The molecule has 3 saturated heterocycles. The number of nitrogens with zero attached hydrogens (tertiary/aromatic N) is 5. The van der Waals surface area contributed by atoms with E-state index in [9.17, 15) is 17.6 Å². The van der Waals surface area contributed by atoms with E-state index < -0.39 is 21.7 Å². The van der Waals surface area contributed by atoms with Crippen LogP contribution in [-0.4, -0.2) is 66.5 Å². The van der Waals surface area contributed by atoms with Gasteiger partial charge in [-0.15, -0.1) is 0 Å². The molecule has 1 atom stereocenters. The Balaban J connectivity index is 1.25. The van der Waals surface area contributed by atoms with Gasteiger partial charge in [0, 0.05) is 18.5 Å². The quantitative estimate of drug-likeness (QED) is 0.717. The molecular formula is C19H22FN5O4S. The summed E-state index contributed by atoms with van der Waals surface area (Å²) in [4.78, 5) is 19.5. The molecule has 0 N–H and O–H groups in total. The van der Waals surface area contributed by atoms with Gasteiger partial charge in [0.2, 0.25) is 0 Å². The van der Waals surface area contributed by atoms with Crippen molar-refractivity contribution >= 4 is 27.3 Å². The van der Waals surface area contributed by atoms with Crippen LogP contribution in [0.1, 0.15) is 12.8 Å². The molecule has 0 radical (unpaired) electrons. The fourth-order valence-corrected chi connectivity index (χ4v) is 7.04. The fourth-order valence-electron chi connectivity index (χ4n) is 4.68. The Hall–Kier alpha value is -2.69. The van der Waals surface area contributed by atoms with Crippen LogP contribution in [0.5, 0.6) is 0 Å². The van der Waals surface area contributed by atoms with Crippen molar-refractivity contribution in [2.75, 3.05) is 40.9 Å². The van der Waals surface area contributed by atoms with Crippen LogP contribution in [0.15, 0.2) is 30.9 Å². The number of aromatic nitrogens is 3. The number of ether oxygens (including phenoxy) is 1. The number of carbonyl (C=O) groups excluding carboxylic acids is 1. The lowest BCUT2D eigenvalue weighted by Crippen LogP contribution is -2.54. The summed E-state index contributed by atoms with van der Waals surface area (Å²) in [6.07, 6.45) is 3.55. The van der Waals surface area contributed by atoms with E-state index in [0.29, 0.717) is 37.6 Å². The van der Waals surface area contributed by atoms with E-state index in [-0.39, 0.29) is 23.0 Å². The van der Waals surface area contributed by atoms with Gasteiger partial charge in [0.15, 0.2) is 9.84 Å². The fraction of sp³-hybridized carbons (Fsp3) is 0.526. The van der Waals surface area contributed by atoms with Gasteiger partial charge in [-0.2, -0.15) is 5.10 Å². The molecule has 5 rings (SSSR count). The van der Waals surface area contributed by atoms with Crippen LogP contribution in [0, 0.1) is 11.2 Å². The summed E-state index contributed by atoms with van der Waals surface area (Å²) in [5.41, 5.74) is 0.799. The molecular weight excluding hydrogens is 413 g/mol. The summed E-state index contributed by atoms with van der Waals surface area (Å²) in [6, 6.07) is 4.75. The third-order valence-electron chi connectivity index (χ3n) is 6.19. The van der Waals surface area contributed by atoms with Crippen LogP contribution >= 0.6 is 0 Å². The first kappa shape index (κ1) is 19.3. The summed E-state index contributed by atoms with van der Waals surface area (Å²) < 4.78 is 44.9. The molecule has 9 nitrogen and oxygen atoms in total. The van der Waals surface area contributed by atoms with Crippen molar-refractivity contribution in [3.8, 4) is 0 Å². The standard InChI is InChI=1S/C19H22FN5O4S/c20-16-7-14(25-9-15(29-18(25)26)8-24-13-21-12-22-24)1-2-17(16)23-5-3-19(4-6-23)10-30(27,28)11-19/h1-2,7,12-13,15H,3-6,8-11H2/t15-/m0/s1. The SMILES string of the molecule is O=C1O[C@@H](Cn2cncn2)CN1c1ccc(N2CCC3(CC2)CS(=O)(=O)C3)c(F)c1. The minimum Gasteiger partial charge on any atom is -0.442 e. The van der Waals surface area contributed by atoms with Crippen LogP contribution in [0.4, 0.5) is 20.6 Å². The van der Waals surface area contributed by atoms with Crippen molar-refractivity contribution in [2.45, 2.75) is 25.5 Å². The smallest absolute Gasteiger partial charge is 0.414 e. The van der Waals surface area contributed by atoms with Gasteiger partial charge >= 0.3 is 6.09 Å². The van der Waals surface area contributed by atoms with Crippen molar-refractivity contribution in [3.63, 3.8) is 0 Å². The van der Waals surface area contributed by atoms with Crippen LogP contribution < -0.4 is 9.80 Å². The molecule has 0 unspecified atom stereocenters. The maximum Gasteiger partial charge on any atom is 0.414 e. The topological polar surface area (TPSA) is 97.6 Å². The Morgan fingerprint density at radius 1 is 1.23 bits per heavy atom. The van der Waals surface area contributed by atoms with Crippen LogP contribution in [0.2, 0.25) is 0 Å². The number of sulfone groups is 1. The van der Waals surface area contributed by atoms with Crippen molar-refractivity contribution in [1.82, 2.24) is 14.8 Å². The number of benzene rings is 1. The minimum atomic E-state index is -2.87. The second kappa shape index (κ2) is 6.93. The number of anilines is 2. The van der Waals surface area contributed by atoms with Gasteiger partial charge in [-0.25, -0.2) is 27.3 Å². The van der Waals surface area contributed by atoms with Crippen LogP contribution in [-0.2, 0) is 21.1 Å². The molecule has 3 aliphatic rings. The summed E-state index contributed by atoms with van der Waals surface area (Å²) >= 11 is 0. The van der Waals surface area contributed by atoms with E-state index in [1.807, 2.05) is 4.90 Å². The molecule has 2 aromatic rings. The summed E-state index contributed by atoms with van der Waals surface area (Å²) in [6.45, 7) is 1.93. The highest BCUT2D eigenvalue weighted by atomic mass is 32.2. The average Bonchev–Trinajstić information content (AvgIpc) is 3.31. The van der Waals surface area contributed by atoms with E-state index in [0.717, 1.165) is 12.8 Å². The summed E-state index contributed by atoms with van der Waals surface area (Å²) in [5, 5.41) is 4.01. The molecule has 4 heterocycles. The largest absolute Gasteiger partial charge is 0.442 e. The molecule has 1 aromatic carbocycles. The Kier molecular flexibility index (Phi) is 4.46. The number of piperidine rings is 1. The molecule has 1 aromatic heterocycles. The van der Waals surface area contributed by atoms with E-state index in [4.69, 9.17) is 4.74 Å². The van der Waals surface area contributed by atoms with Gasteiger partial charge in [0.05, 0.1) is 36.0 Å². The summed E-state index contributed by atoms with van der Waals surface area (Å²) in [5.74, 6) is 0.0988. The van der Waals surface area contributed by atoms with Crippen molar-refractivity contribution in [1.29, 1.82) is 0 Å². The van der Waals surface area contributed by atoms with Gasteiger partial charge in [-0.05, 0) is 31.0 Å². The zero-order valence-electron chi connectivity index (χ0n) is 16.3. The monoisotopic (exact) mass is 435 g/mol. The van der Waals surface area contributed by atoms with Gasteiger partial charge in [-0.3, -0.25) is 4.90 Å². The number of rotatable bonds is 4. The number of carbonyl (C=O) groups is 1. The lowest BCUT2D eigenvalue weighted by Gasteiger charge is -2.47. The Morgan fingerprint density at radius 2 is 2.00 bits per heavy atom. The highest BCUT2D eigenvalue weighted by Gasteiger charge is 2.49. The zero-order valence-corrected chi connectivity index (χ0v) is 17.1. The van der Waals surface area contributed by atoms with Crippen LogP contribution in [0.25, 0.3) is 0 Å². The molecule has 11 heteroatoms. The third kappa shape index (κ3) is 3.51. The third-order valence-corrected chi connectivity index (χ3v) is 8.30. The van der Waals surface area contributed by atoms with Gasteiger partial charge in [0.25, 0.3) is 0 Å². The number of cyclic esters (lactones) is 1. The van der Waals surface area contributed by atoms with Crippen LogP contribution in [0.3, 0.4) is 0 Å². The molecule has 30 heavy (non-hydrogen) atoms. The molecule has 3 aliphatic heterocycles. The predicted octanol–water partition coefficient (Wildman–Crippen LogP) is 1.46. The van der Waals surface area contributed by atoms with Gasteiger partial charge in [-0.1, -0.05) is 0 Å².